The SMILES string of the molecule is CC(CCc1cccc(F)c1)C(=O)NC1(CN)CCCC1. The van der Waals surface area contributed by atoms with Crippen LogP contribution in [0.25, 0.3) is 0 Å². The van der Waals surface area contributed by atoms with Crippen LogP contribution in [0.2, 0.25) is 0 Å². The molecule has 1 aromatic rings. The van der Waals surface area contributed by atoms with Crippen molar-refractivity contribution < 1.29 is 9.18 Å². The Balaban J connectivity index is 1.85. The van der Waals surface area contributed by atoms with Crippen LogP contribution in [0, 0.1) is 11.7 Å². The summed E-state index contributed by atoms with van der Waals surface area (Å²) < 4.78 is 13.1. The fourth-order valence-electron chi connectivity index (χ4n) is 3.02. The smallest absolute Gasteiger partial charge is 0.223 e. The van der Waals surface area contributed by atoms with Gasteiger partial charge in [0.15, 0.2) is 0 Å². The Labute approximate surface area is 126 Å². The highest BCUT2D eigenvalue weighted by Crippen LogP contribution is 2.29. The van der Waals surface area contributed by atoms with Crippen molar-refractivity contribution >= 4 is 5.91 Å². The maximum absolute atomic E-state index is 13.1. The van der Waals surface area contributed by atoms with Gasteiger partial charge in [0.05, 0.1) is 5.54 Å². The molecule has 0 aliphatic heterocycles. The van der Waals surface area contributed by atoms with Gasteiger partial charge in [-0.15, -0.1) is 0 Å². The van der Waals surface area contributed by atoms with Crippen LogP contribution < -0.4 is 11.1 Å². The maximum Gasteiger partial charge on any atom is 0.223 e. The largest absolute Gasteiger partial charge is 0.349 e. The Morgan fingerprint density at radius 2 is 2.14 bits per heavy atom. The lowest BCUT2D eigenvalue weighted by Gasteiger charge is -2.30. The zero-order valence-electron chi connectivity index (χ0n) is 12.7. The number of hydrogen-bond donors (Lipinski definition) is 2. The fraction of sp³-hybridized carbons (Fsp3) is 0.588. The molecule has 1 aliphatic rings. The molecule has 21 heavy (non-hydrogen) atoms. The molecule has 2 rings (SSSR count). The first-order valence-corrected chi connectivity index (χ1v) is 7.81. The zero-order chi connectivity index (χ0) is 15.3. The average Bonchev–Trinajstić information content (AvgIpc) is 2.94. The molecule has 3 nitrogen and oxygen atoms in total. The second-order valence-electron chi connectivity index (χ2n) is 6.25. The first kappa shape index (κ1) is 16.0. The van der Waals surface area contributed by atoms with E-state index in [-0.39, 0.29) is 23.2 Å². The summed E-state index contributed by atoms with van der Waals surface area (Å²) in [5.74, 6) is -0.242. The van der Waals surface area contributed by atoms with Gasteiger partial charge >= 0.3 is 0 Å². The maximum atomic E-state index is 13.1. The summed E-state index contributed by atoms with van der Waals surface area (Å²) in [6.07, 6.45) is 5.65. The van der Waals surface area contributed by atoms with E-state index >= 15 is 0 Å². The lowest BCUT2D eigenvalue weighted by atomic mass is 9.94. The van der Waals surface area contributed by atoms with Crippen LogP contribution >= 0.6 is 0 Å². The second kappa shape index (κ2) is 7.03. The molecular weight excluding hydrogens is 267 g/mol. The third kappa shape index (κ3) is 4.27. The van der Waals surface area contributed by atoms with Gasteiger partial charge in [0.2, 0.25) is 5.91 Å². The number of amides is 1. The number of benzene rings is 1. The third-order valence-electron chi connectivity index (χ3n) is 4.54. The molecule has 4 heteroatoms. The number of carbonyl (C=O) groups excluding carboxylic acids is 1. The lowest BCUT2D eigenvalue weighted by molar-refractivity contribution is -0.126. The van der Waals surface area contributed by atoms with Gasteiger partial charge in [-0.1, -0.05) is 31.9 Å². The number of hydrogen-bond acceptors (Lipinski definition) is 2. The van der Waals surface area contributed by atoms with E-state index in [1.54, 1.807) is 6.07 Å². The summed E-state index contributed by atoms with van der Waals surface area (Å²) in [6.45, 7) is 2.43. The van der Waals surface area contributed by atoms with E-state index in [0.717, 1.165) is 37.7 Å². The highest BCUT2D eigenvalue weighted by atomic mass is 19.1. The number of nitrogens with two attached hydrogens (primary N) is 1. The molecule has 1 fully saturated rings. The molecule has 116 valence electrons. The van der Waals surface area contributed by atoms with E-state index in [2.05, 4.69) is 5.32 Å². The van der Waals surface area contributed by atoms with Crippen molar-refractivity contribution in [2.75, 3.05) is 6.54 Å². The van der Waals surface area contributed by atoms with Crippen LogP contribution in [0.1, 0.15) is 44.6 Å². The number of nitrogens with one attached hydrogen (secondary N) is 1. The quantitative estimate of drug-likeness (QED) is 0.847. The van der Waals surface area contributed by atoms with Gasteiger partial charge in [-0.25, -0.2) is 4.39 Å². The van der Waals surface area contributed by atoms with E-state index in [1.807, 2.05) is 13.0 Å². The average molecular weight is 292 g/mol. The Bertz CT molecular complexity index is 483. The van der Waals surface area contributed by atoms with E-state index in [9.17, 15) is 9.18 Å². The Morgan fingerprint density at radius 1 is 1.43 bits per heavy atom. The van der Waals surface area contributed by atoms with Crippen molar-refractivity contribution in [2.24, 2.45) is 11.7 Å². The molecule has 0 radical (unpaired) electrons. The van der Waals surface area contributed by atoms with Crippen molar-refractivity contribution in [3.8, 4) is 0 Å². The van der Waals surface area contributed by atoms with Crippen LogP contribution in [0.5, 0.6) is 0 Å². The van der Waals surface area contributed by atoms with Crippen molar-refractivity contribution in [1.29, 1.82) is 0 Å². The first-order chi connectivity index (χ1) is 10.0. The lowest BCUT2D eigenvalue weighted by Crippen LogP contribution is -2.53. The molecule has 0 aromatic heterocycles. The highest BCUT2D eigenvalue weighted by Gasteiger charge is 2.34. The van der Waals surface area contributed by atoms with Crippen LogP contribution in [-0.2, 0) is 11.2 Å². The van der Waals surface area contributed by atoms with Gasteiger partial charge < -0.3 is 11.1 Å². The van der Waals surface area contributed by atoms with Crippen molar-refractivity contribution in [1.82, 2.24) is 5.32 Å². The number of carbonyl (C=O) groups is 1. The Hall–Kier alpha value is -1.42. The predicted molar refractivity (Wildman–Crippen MR) is 82.3 cm³/mol. The second-order valence-corrected chi connectivity index (χ2v) is 6.25. The van der Waals surface area contributed by atoms with Crippen molar-refractivity contribution in [2.45, 2.75) is 51.0 Å². The van der Waals surface area contributed by atoms with Crippen molar-refractivity contribution in [3.05, 3.63) is 35.6 Å². The molecule has 1 unspecified atom stereocenters. The topological polar surface area (TPSA) is 55.1 Å². The van der Waals surface area contributed by atoms with Crippen LogP contribution in [-0.4, -0.2) is 18.0 Å². The van der Waals surface area contributed by atoms with Gasteiger partial charge in [-0.3, -0.25) is 4.79 Å². The molecule has 1 aromatic carbocycles. The molecule has 0 heterocycles. The molecule has 0 saturated heterocycles. The summed E-state index contributed by atoms with van der Waals surface area (Å²) in [5, 5.41) is 3.15. The fourth-order valence-corrected chi connectivity index (χ4v) is 3.02. The summed E-state index contributed by atoms with van der Waals surface area (Å²) in [6, 6.07) is 6.57. The Morgan fingerprint density at radius 3 is 2.76 bits per heavy atom. The normalized spacial score (nSPS) is 18.4. The highest BCUT2D eigenvalue weighted by molar-refractivity contribution is 5.79. The molecule has 3 N–H and O–H groups in total. The van der Waals surface area contributed by atoms with Crippen LogP contribution in [0.15, 0.2) is 24.3 Å². The molecule has 1 saturated carbocycles. The van der Waals surface area contributed by atoms with E-state index in [1.165, 1.54) is 12.1 Å². The number of halogens is 1. The summed E-state index contributed by atoms with van der Waals surface area (Å²) in [7, 11) is 0. The predicted octanol–water partition coefficient (Wildman–Crippen LogP) is 2.78. The van der Waals surface area contributed by atoms with Gasteiger partial charge in [-0.2, -0.15) is 0 Å². The molecule has 1 amide bonds. The van der Waals surface area contributed by atoms with E-state index < -0.39 is 0 Å². The minimum Gasteiger partial charge on any atom is -0.349 e. The molecular formula is C17H25FN2O. The van der Waals surface area contributed by atoms with Gasteiger partial charge in [0, 0.05) is 12.5 Å². The molecule has 1 aliphatic carbocycles. The van der Waals surface area contributed by atoms with Gasteiger partial charge in [0.1, 0.15) is 5.82 Å². The minimum absolute atomic E-state index is 0.0683. The Kier molecular flexibility index (Phi) is 5.34. The first-order valence-electron chi connectivity index (χ1n) is 7.81. The van der Waals surface area contributed by atoms with Gasteiger partial charge in [0.25, 0.3) is 0 Å². The standard InChI is InChI=1S/C17H25FN2O/c1-13(7-8-14-5-4-6-15(18)11-14)16(21)20-17(12-19)9-2-3-10-17/h4-6,11,13H,2-3,7-10,12,19H2,1H3,(H,20,21). The van der Waals surface area contributed by atoms with Crippen LogP contribution in [0.4, 0.5) is 4.39 Å². The zero-order valence-corrected chi connectivity index (χ0v) is 12.7. The molecule has 1 atom stereocenters. The van der Waals surface area contributed by atoms with E-state index in [0.29, 0.717) is 13.0 Å². The molecule has 0 bridgehead atoms. The van der Waals surface area contributed by atoms with E-state index in [4.69, 9.17) is 5.73 Å². The summed E-state index contributed by atoms with van der Waals surface area (Å²) in [4.78, 5) is 12.3. The van der Waals surface area contributed by atoms with Crippen LogP contribution in [0.3, 0.4) is 0 Å². The monoisotopic (exact) mass is 292 g/mol. The number of aryl methyl sites for hydroxylation is 1. The number of rotatable bonds is 6. The summed E-state index contributed by atoms with van der Waals surface area (Å²) >= 11 is 0. The summed E-state index contributed by atoms with van der Waals surface area (Å²) in [5.41, 5.74) is 6.59. The third-order valence-corrected chi connectivity index (χ3v) is 4.54. The molecule has 0 spiro atoms. The van der Waals surface area contributed by atoms with Crippen molar-refractivity contribution in [3.63, 3.8) is 0 Å². The van der Waals surface area contributed by atoms with Gasteiger partial charge in [-0.05, 0) is 43.4 Å². The minimum atomic E-state index is -0.224.